The van der Waals surface area contributed by atoms with E-state index in [4.69, 9.17) is 0 Å². The van der Waals surface area contributed by atoms with Crippen LogP contribution in [0.4, 0.5) is 0 Å². The summed E-state index contributed by atoms with van der Waals surface area (Å²) in [6, 6.07) is 0.569. The Morgan fingerprint density at radius 1 is 1.43 bits per heavy atom. The Morgan fingerprint density at radius 2 is 2.00 bits per heavy atom. The van der Waals surface area contributed by atoms with Gasteiger partial charge in [-0.25, -0.2) is 0 Å². The van der Waals surface area contributed by atoms with Gasteiger partial charge in [0.05, 0.1) is 12.1 Å². The van der Waals surface area contributed by atoms with E-state index in [0.717, 1.165) is 19.5 Å². The number of nitrogens with one attached hydrogen (secondary N) is 1. The lowest BCUT2D eigenvalue weighted by Gasteiger charge is -2.35. The summed E-state index contributed by atoms with van der Waals surface area (Å²) in [6.07, 6.45) is 1.14. The van der Waals surface area contributed by atoms with E-state index in [1.54, 1.807) is 0 Å². The third-order valence-corrected chi connectivity index (χ3v) is 2.89. The maximum absolute atomic E-state index is 9.33. The number of nitrogens with zero attached hydrogens (tertiary/aromatic N) is 1. The number of hydrogen-bond acceptors (Lipinski definition) is 3. The predicted octanol–water partition coefficient (Wildman–Crippen LogP) is 1.08. The van der Waals surface area contributed by atoms with Crippen LogP contribution < -0.4 is 5.32 Å². The van der Waals surface area contributed by atoms with Crippen LogP contribution in [0.25, 0.3) is 0 Å². The summed E-state index contributed by atoms with van der Waals surface area (Å²) < 4.78 is 0. The van der Waals surface area contributed by atoms with Gasteiger partial charge in [-0.2, -0.15) is 0 Å². The highest BCUT2D eigenvalue weighted by molar-refractivity contribution is 4.85. The molecule has 0 aliphatic heterocycles. The summed E-state index contributed by atoms with van der Waals surface area (Å²) in [6.45, 7) is 10.5. The van der Waals surface area contributed by atoms with Crippen LogP contribution >= 0.6 is 0 Å². The minimum atomic E-state index is -0.174. The van der Waals surface area contributed by atoms with E-state index in [2.05, 4.69) is 45.0 Å². The fraction of sp³-hybridized carbons (Fsp3) is 1.00. The molecule has 86 valence electrons. The van der Waals surface area contributed by atoms with Gasteiger partial charge < -0.3 is 15.3 Å². The SMILES string of the molecule is CCNC(C)(CO)CN(C)C(C)CC. The van der Waals surface area contributed by atoms with E-state index >= 15 is 0 Å². The second-order valence-corrected chi connectivity index (χ2v) is 4.42. The Kier molecular flexibility index (Phi) is 6.33. The van der Waals surface area contributed by atoms with Crippen molar-refractivity contribution in [3.05, 3.63) is 0 Å². The summed E-state index contributed by atoms with van der Waals surface area (Å²) >= 11 is 0. The molecule has 0 saturated heterocycles. The van der Waals surface area contributed by atoms with Crippen LogP contribution in [-0.2, 0) is 0 Å². The first-order valence-electron chi connectivity index (χ1n) is 5.55. The molecule has 0 fully saturated rings. The average Bonchev–Trinajstić information content (AvgIpc) is 2.16. The molecule has 3 nitrogen and oxygen atoms in total. The van der Waals surface area contributed by atoms with Crippen LogP contribution in [0.1, 0.15) is 34.1 Å². The minimum absolute atomic E-state index is 0.174. The van der Waals surface area contributed by atoms with Gasteiger partial charge >= 0.3 is 0 Å². The maximum atomic E-state index is 9.33. The molecule has 2 unspecified atom stereocenters. The number of rotatable bonds is 7. The van der Waals surface area contributed by atoms with Crippen LogP contribution in [0, 0.1) is 0 Å². The van der Waals surface area contributed by atoms with E-state index < -0.39 is 0 Å². The molecule has 0 radical (unpaired) electrons. The maximum Gasteiger partial charge on any atom is 0.0623 e. The monoisotopic (exact) mass is 202 g/mol. The lowest BCUT2D eigenvalue weighted by atomic mass is 10.0. The normalized spacial score (nSPS) is 18.2. The van der Waals surface area contributed by atoms with E-state index in [9.17, 15) is 5.11 Å². The van der Waals surface area contributed by atoms with Crippen LogP contribution in [0.2, 0.25) is 0 Å². The van der Waals surface area contributed by atoms with Gasteiger partial charge in [0.15, 0.2) is 0 Å². The molecule has 0 aliphatic rings. The van der Waals surface area contributed by atoms with Gasteiger partial charge in [0.1, 0.15) is 0 Å². The van der Waals surface area contributed by atoms with E-state index in [1.165, 1.54) is 0 Å². The van der Waals surface area contributed by atoms with Gasteiger partial charge in [-0.15, -0.1) is 0 Å². The topological polar surface area (TPSA) is 35.5 Å². The zero-order chi connectivity index (χ0) is 11.2. The van der Waals surface area contributed by atoms with Crippen LogP contribution in [0.3, 0.4) is 0 Å². The van der Waals surface area contributed by atoms with Crippen molar-refractivity contribution >= 4 is 0 Å². The summed E-state index contributed by atoms with van der Waals surface area (Å²) in [5, 5.41) is 12.7. The Morgan fingerprint density at radius 3 is 2.36 bits per heavy atom. The van der Waals surface area contributed by atoms with Gasteiger partial charge in [0.2, 0.25) is 0 Å². The van der Waals surface area contributed by atoms with Crippen molar-refractivity contribution in [2.45, 2.75) is 45.7 Å². The molecule has 0 aromatic heterocycles. The minimum Gasteiger partial charge on any atom is -0.394 e. The van der Waals surface area contributed by atoms with Gasteiger partial charge in [0, 0.05) is 12.6 Å². The largest absolute Gasteiger partial charge is 0.394 e. The molecule has 2 N–H and O–H groups in total. The van der Waals surface area contributed by atoms with Gasteiger partial charge in [-0.3, -0.25) is 0 Å². The number of aliphatic hydroxyl groups is 1. The van der Waals surface area contributed by atoms with Crippen LogP contribution in [0.5, 0.6) is 0 Å². The zero-order valence-electron chi connectivity index (χ0n) is 10.3. The van der Waals surface area contributed by atoms with E-state index in [-0.39, 0.29) is 12.1 Å². The van der Waals surface area contributed by atoms with Crippen molar-refractivity contribution in [2.24, 2.45) is 0 Å². The highest BCUT2D eigenvalue weighted by Crippen LogP contribution is 2.08. The Balaban J connectivity index is 4.15. The summed E-state index contributed by atoms with van der Waals surface area (Å²) in [7, 11) is 2.11. The Bertz CT molecular complexity index is 152. The first-order chi connectivity index (χ1) is 6.49. The van der Waals surface area contributed by atoms with Gasteiger partial charge in [0.25, 0.3) is 0 Å². The third-order valence-electron chi connectivity index (χ3n) is 2.89. The Hall–Kier alpha value is -0.120. The third kappa shape index (κ3) is 4.40. The molecule has 0 rings (SSSR count). The quantitative estimate of drug-likeness (QED) is 0.648. The standard InChI is InChI=1S/C11H26N2O/c1-6-10(3)13(5)8-11(4,9-14)12-7-2/h10,12,14H,6-9H2,1-5H3. The molecule has 3 heteroatoms. The molecule has 0 aliphatic carbocycles. The second kappa shape index (κ2) is 6.38. The average molecular weight is 202 g/mol. The first kappa shape index (κ1) is 13.9. The smallest absolute Gasteiger partial charge is 0.0623 e. The number of hydrogen-bond donors (Lipinski definition) is 2. The van der Waals surface area contributed by atoms with Crippen molar-refractivity contribution in [2.75, 3.05) is 26.7 Å². The molecule has 0 bridgehead atoms. The van der Waals surface area contributed by atoms with Crippen LogP contribution in [0.15, 0.2) is 0 Å². The molecule has 0 heterocycles. The second-order valence-electron chi connectivity index (χ2n) is 4.42. The zero-order valence-corrected chi connectivity index (χ0v) is 10.3. The van der Waals surface area contributed by atoms with Crippen molar-refractivity contribution < 1.29 is 5.11 Å². The molecule has 14 heavy (non-hydrogen) atoms. The molecule has 0 saturated carbocycles. The summed E-state index contributed by atoms with van der Waals surface area (Å²) in [5.74, 6) is 0. The van der Waals surface area contributed by atoms with Crippen molar-refractivity contribution in [3.63, 3.8) is 0 Å². The lowest BCUT2D eigenvalue weighted by Crippen LogP contribution is -2.54. The molecular formula is C11H26N2O. The summed E-state index contributed by atoms with van der Waals surface area (Å²) in [5.41, 5.74) is -0.174. The first-order valence-corrected chi connectivity index (χ1v) is 5.55. The summed E-state index contributed by atoms with van der Waals surface area (Å²) in [4.78, 5) is 2.29. The van der Waals surface area contributed by atoms with E-state index in [0.29, 0.717) is 6.04 Å². The molecule has 0 spiro atoms. The highest BCUT2D eigenvalue weighted by atomic mass is 16.3. The lowest BCUT2D eigenvalue weighted by molar-refractivity contribution is 0.115. The predicted molar refractivity (Wildman–Crippen MR) is 61.6 cm³/mol. The van der Waals surface area contributed by atoms with Crippen LogP contribution in [-0.4, -0.2) is 48.3 Å². The van der Waals surface area contributed by atoms with Gasteiger partial charge in [-0.1, -0.05) is 13.8 Å². The van der Waals surface area contributed by atoms with Crippen molar-refractivity contribution in [1.29, 1.82) is 0 Å². The molecule has 0 aromatic carbocycles. The molecule has 2 atom stereocenters. The molecule has 0 amide bonds. The highest BCUT2D eigenvalue weighted by Gasteiger charge is 2.25. The van der Waals surface area contributed by atoms with E-state index in [1.807, 2.05) is 0 Å². The Labute approximate surface area is 88.5 Å². The molecule has 0 aromatic rings. The fourth-order valence-electron chi connectivity index (χ4n) is 1.61. The number of likely N-dealkylation sites (N-methyl/N-ethyl adjacent to an activating group) is 2. The van der Waals surface area contributed by atoms with Crippen molar-refractivity contribution in [3.8, 4) is 0 Å². The number of aliphatic hydroxyl groups excluding tert-OH is 1. The van der Waals surface area contributed by atoms with Gasteiger partial charge in [-0.05, 0) is 33.9 Å². The molecular weight excluding hydrogens is 176 g/mol. The van der Waals surface area contributed by atoms with Crippen molar-refractivity contribution in [1.82, 2.24) is 10.2 Å². The fourth-order valence-corrected chi connectivity index (χ4v) is 1.61.